The molecule has 0 bridgehead atoms. The first kappa shape index (κ1) is 13.5. The number of rotatable bonds is 5. The normalized spacial score (nSPS) is 16.2. The fourth-order valence-corrected chi connectivity index (χ4v) is 3.04. The smallest absolute Gasteiger partial charge is 0.188 e. The lowest BCUT2D eigenvalue weighted by atomic mass is 9.98. The molecule has 1 aromatic carbocycles. The van der Waals surface area contributed by atoms with E-state index in [0.29, 0.717) is 0 Å². The lowest BCUT2D eigenvalue weighted by Crippen LogP contribution is -2.31. The van der Waals surface area contributed by atoms with Gasteiger partial charge in [0.2, 0.25) is 0 Å². The number of benzene rings is 1. The largest absolute Gasteiger partial charge is 0.385 e. The minimum Gasteiger partial charge on any atom is -0.385 e. The van der Waals surface area contributed by atoms with Gasteiger partial charge < -0.3 is 10.6 Å². The van der Waals surface area contributed by atoms with Gasteiger partial charge in [0.25, 0.3) is 0 Å². The molecule has 0 spiro atoms. The van der Waals surface area contributed by atoms with Crippen molar-refractivity contribution in [3.05, 3.63) is 30.6 Å². The van der Waals surface area contributed by atoms with Gasteiger partial charge in [-0.25, -0.2) is 4.98 Å². The topological polar surface area (TPSA) is 65.6 Å². The van der Waals surface area contributed by atoms with Gasteiger partial charge in [0.05, 0.1) is 0 Å². The van der Waals surface area contributed by atoms with Crippen molar-refractivity contribution in [2.75, 3.05) is 25.0 Å². The Morgan fingerprint density at radius 3 is 2.70 bits per heavy atom. The summed E-state index contributed by atoms with van der Waals surface area (Å²) in [6, 6.07) is 8.47. The number of anilines is 1. The van der Waals surface area contributed by atoms with E-state index in [-0.39, 0.29) is 0 Å². The lowest BCUT2D eigenvalue weighted by molar-refractivity contribution is 0.390. The van der Waals surface area contributed by atoms with Gasteiger partial charge in [-0.05, 0) is 56.1 Å². The van der Waals surface area contributed by atoms with Gasteiger partial charge in [-0.1, -0.05) is 11.8 Å². The van der Waals surface area contributed by atoms with E-state index in [2.05, 4.69) is 50.1 Å². The van der Waals surface area contributed by atoms with Crippen LogP contribution in [0.4, 0.5) is 5.69 Å². The van der Waals surface area contributed by atoms with Crippen molar-refractivity contribution in [3.63, 3.8) is 0 Å². The predicted octanol–water partition coefficient (Wildman–Crippen LogP) is 2.37. The number of hydrogen-bond donors (Lipinski definition) is 3. The van der Waals surface area contributed by atoms with E-state index >= 15 is 0 Å². The standard InChI is InChI=1S/C14H19N5S/c1-3-13(20-14-17-10-18-19-14)4-2-12(1)16-9-11-5-7-15-8-6-11/h1-4,10-11,15-16H,5-9H2,(H,17,18,19). The summed E-state index contributed by atoms with van der Waals surface area (Å²) in [6.07, 6.45) is 4.07. The SMILES string of the molecule is c1n[nH]c(Sc2ccc(NCC3CCNCC3)cc2)n1. The minimum atomic E-state index is 0.791. The molecular weight excluding hydrogens is 270 g/mol. The molecule has 0 saturated carbocycles. The van der Waals surface area contributed by atoms with Crippen molar-refractivity contribution in [3.8, 4) is 0 Å². The molecule has 1 aromatic heterocycles. The Labute approximate surface area is 123 Å². The van der Waals surface area contributed by atoms with Crippen molar-refractivity contribution in [1.82, 2.24) is 20.5 Å². The third-order valence-corrected chi connectivity index (χ3v) is 4.41. The molecule has 106 valence electrons. The number of nitrogens with one attached hydrogen (secondary N) is 3. The highest BCUT2D eigenvalue weighted by atomic mass is 32.2. The van der Waals surface area contributed by atoms with E-state index in [1.54, 1.807) is 11.8 Å². The van der Waals surface area contributed by atoms with E-state index in [0.717, 1.165) is 35.6 Å². The molecule has 1 fully saturated rings. The molecule has 1 aliphatic rings. The molecule has 0 unspecified atom stereocenters. The molecule has 2 heterocycles. The second-order valence-corrected chi connectivity index (χ2v) is 6.05. The number of hydrogen-bond acceptors (Lipinski definition) is 5. The molecule has 5 nitrogen and oxygen atoms in total. The van der Waals surface area contributed by atoms with Crippen LogP contribution < -0.4 is 10.6 Å². The summed E-state index contributed by atoms with van der Waals surface area (Å²) in [5.74, 6) is 0.791. The first-order valence-electron chi connectivity index (χ1n) is 6.98. The average molecular weight is 289 g/mol. The molecule has 0 atom stereocenters. The molecule has 1 aliphatic heterocycles. The van der Waals surface area contributed by atoms with Crippen molar-refractivity contribution in [2.24, 2.45) is 5.92 Å². The number of piperidine rings is 1. The van der Waals surface area contributed by atoms with Crippen LogP contribution in [0, 0.1) is 5.92 Å². The number of nitrogens with zero attached hydrogens (tertiary/aromatic N) is 2. The molecule has 3 N–H and O–H groups in total. The number of aromatic amines is 1. The molecule has 20 heavy (non-hydrogen) atoms. The molecule has 0 amide bonds. The van der Waals surface area contributed by atoms with Gasteiger partial charge in [-0.15, -0.1) is 0 Å². The van der Waals surface area contributed by atoms with E-state index < -0.39 is 0 Å². The Bertz CT molecular complexity index is 505. The van der Waals surface area contributed by atoms with Crippen molar-refractivity contribution >= 4 is 17.4 Å². The second-order valence-electron chi connectivity index (χ2n) is 4.99. The summed E-state index contributed by atoms with van der Waals surface area (Å²) < 4.78 is 0. The van der Waals surface area contributed by atoms with Crippen molar-refractivity contribution in [1.29, 1.82) is 0 Å². The van der Waals surface area contributed by atoms with E-state index in [9.17, 15) is 0 Å². The molecule has 6 heteroatoms. The zero-order valence-electron chi connectivity index (χ0n) is 11.3. The van der Waals surface area contributed by atoms with Gasteiger partial charge in [0.15, 0.2) is 5.16 Å². The third kappa shape index (κ3) is 3.74. The zero-order valence-corrected chi connectivity index (χ0v) is 12.1. The Kier molecular flexibility index (Phi) is 4.55. The van der Waals surface area contributed by atoms with Gasteiger partial charge >= 0.3 is 0 Å². The van der Waals surface area contributed by atoms with Gasteiger partial charge in [0.1, 0.15) is 6.33 Å². The van der Waals surface area contributed by atoms with Crippen LogP contribution in [-0.4, -0.2) is 34.8 Å². The summed E-state index contributed by atoms with van der Waals surface area (Å²) in [7, 11) is 0. The fraction of sp³-hybridized carbons (Fsp3) is 0.429. The maximum absolute atomic E-state index is 4.11. The minimum absolute atomic E-state index is 0.791. The highest BCUT2D eigenvalue weighted by Gasteiger charge is 2.12. The van der Waals surface area contributed by atoms with E-state index in [4.69, 9.17) is 0 Å². The highest BCUT2D eigenvalue weighted by Crippen LogP contribution is 2.25. The van der Waals surface area contributed by atoms with Crippen LogP contribution in [0.3, 0.4) is 0 Å². The first-order chi connectivity index (χ1) is 9.90. The van der Waals surface area contributed by atoms with Crippen molar-refractivity contribution < 1.29 is 0 Å². The molecule has 2 aromatic rings. The second kappa shape index (κ2) is 6.76. The van der Waals surface area contributed by atoms with Crippen LogP contribution in [0.25, 0.3) is 0 Å². The Balaban J connectivity index is 1.50. The van der Waals surface area contributed by atoms with Gasteiger partial charge in [0, 0.05) is 17.1 Å². The first-order valence-corrected chi connectivity index (χ1v) is 7.80. The van der Waals surface area contributed by atoms with Crippen LogP contribution >= 0.6 is 11.8 Å². The highest BCUT2D eigenvalue weighted by molar-refractivity contribution is 7.99. The van der Waals surface area contributed by atoms with Crippen LogP contribution in [0.5, 0.6) is 0 Å². The van der Waals surface area contributed by atoms with Crippen LogP contribution in [0.2, 0.25) is 0 Å². The van der Waals surface area contributed by atoms with Crippen LogP contribution in [0.1, 0.15) is 12.8 Å². The lowest BCUT2D eigenvalue weighted by Gasteiger charge is -2.23. The zero-order chi connectivity index (χ0) is 13.6. The Morgan fingerprint density at radius 1 is 1.20 bits per heavy atom. The Morgan fingerprint density at radius 2 is 2.00 bits per heavy atom. The predicted molar refractivity (Wildman–Crippen MR) is 81.0 cm³/mol. The summed E-state index contributed by atoms with van der Waals surface area (Å²) in [4.78, 5) is 5.27. The number of aromatic nitrogens is 3. The summed E-state index contributed by atoms with van der Waals surface area (Å²) in [6.45, 7) is 3.37. The average Bonchev–Trinajstić information content (AvgIpc) is 3.01. The van der Waals surface area contributed by atoms with Crippen LogP contribution in [-0.2, 0) is 0 Å². The summed E-state index contributed by atoms with van der Waals surface area (Å²) in [5, 5.41) is 14.4. The van der Waals surface area contributed by atoms with E-state index in [1.165, 1.54) is 24.9 Å². The molecule has 0 aliphatic carbocycles. The van der Waals surface area contributed by atoms with Gasteiger partial charge in [-0.3, -0.25) is 5.10 Å². The monoisotopic (exact) mass is 289 g/mol. The summed E-state index contributed by atoms with van der Waals surface area (Å²) in [5.41, 5.74) is 1.19. The number of H-pyrrole nitrogens is 1. The van der Waals surface area contributed by atoms with Crippen molar-refractivity contribution in [2.45, 2.75) is 22.9 Å². The molecular formula is C14H19N5S. The quantitative estimate of drug-likeness (QED) is 0.788. The van der Waals surface area contributed by atoms with Gasteiger partial charge in [-0.2, -0.15) is 5.10 Å². The molecule has 0 radical (unpaired) electrons. The van der Waals surface area contributed by atoms with Crippen LogP contribution in [0.15, 0.2) is 40.6 Å². The maximum Gasteiger partial charge on any atom is 0.188 e. The summed E-state index contributed by atoms with van der Waals surface area (Å²) >= 11 is 1.58. The molecule has 1 saturated heterocycles. The molecule has 3 rings (SSSR count). The Hall–Kier alpha value is -1.53. The van der Waals surface area contributed by atoms with E-state index in [1.807, 2.05) is 0 Å². The maximum atomic E-state index is 4.11. The fourth-order valence-electron chi connectivity index (χ4n) is 2.34. The third-order valence-electron chi connectivity index (χ3n) is 3.52.